The smallest absolute Gasteiger partial charge is 0.0634 e. The van der Waals surface area contributed by atoms with Crippen LogP contribution < -0.4 is 5.32 Å². The number of rotatable bonds is 3. The molecule has 0 amide bonds. The zero-order valence-corrected chi connectivity index (χ0v) is 11.3. The molecule has 0 aliphatic heterocycles. The second kappa shape index (κ2) is 6.58. The molecule has 1 aromatic rings. The van der Waals surface area contributed by atoms with Gasteiger partial charge in [-0.1, -0.05) is 30.9 Å². The normalized spacial score (nSPS) is 25.5. The molecular formula is C13H18Cl2N2. The molecule has 0 radical (unpaired) electrons. The van der Waals surface area contributed by atoms with E-state index in [2.05, 4.69) is 10.3 Å². The molecule has 2 atom stereocenters. The van der Waals surface area contributed by atoms with E-state index in [1.807, 2.05) is 6.07 Å². The minimum absolute atomic E-state index is 0.248. The quantitative estimate of drug-likeness (QED) is 0.670. The summed E-state index contributed by atoms with van der Waals surface area (Å²) in [6, 6.07) is 2.36. The predicted octanol–water partition coefficient (Wildman–Crippen LogP) is 3.76. The van der Waals surface area contributed by atoms with Crippen LogP contribution in [0.2, 0.25) is 5.02 Å². The first-order valence-electron chi connectivity index (χ1n) is 6.23. The summed E-state index contributed by atoms with van der Waals surface area (Å²) in [6.07, 6.45) is 9.56. The van der Waals surface area contributed by atoms with Crippen LogP contribution in [0, 0.1) is 0 Å². The first-order valence-corrected chi connectivity index (χ1v) is 7.04. The van der Waals surface area contributed by atoms with Crippen molar-refractivity contribution in [2.24, 2.45) is 0 Å². The average molecular weight is 273 g/mol. The maximum absolute atomic E-state index is 6.39. The van der Waals surface area contributed by atoms with Crippen LogP contribution in [0.5, 0.6) is 0 Å². The summed E-state index contributed by atoms with van der Waals surface area (Å²) in [5.74, 6) is 0. The summed E-state index contributed by atoms with van der Waals surface area (Å²) >= 11 is 12.5. The van der Waals surface area contributed by atoms with E-state index in [0.717, 1.165) is 30.0 Å². The van der Waals surface area contributed by atoms with Crippen LogP contribution in [-0.4, -0.2) is 16.4 Å². The monoisotopic (exact) mass is 272 g/mol. The highest BCUT2D eigenvalue weighted by atomic mass is 35.5. The van der Waals surface area contributed by atoms with Gasteiger partial charge >= 0.3 is 0 Å². The van der Waals surface area contributed by atoms with Gasteiger partial charge in [0.25, 0.3) is 0 Å². The molecular weight excluding hydrogens is 255 g/mol. The van der Waals surface area contributed by atoms with Gasteiger partial charge in [-0.15, -0.1) is 11.6 Å². The molecule has 0 spiro atoms. The fourth-order valence-corrected chi connectivity index (χ4v) is 2.84. The Balaban J connectivity index is 1.90. The summed E-state index contributed by atoms with van der Waals surface area (Å²) in [5.41, 5.74) is 1.09. The van der Waals surface area contributed by atoms with Gasteiger partial charge in [-0.25, -0.2) is 0 Å². The van der Waals surface area contributed by atoms with Crippen LogP contribution in [-0.2, 0) is 6.54 Å². The molecule has 1 heterocycles. The molecule has 1 aliphatic carbocycles. The van der Waals surface area contributed by atoms with E-state index in [-0.39, 0.29) is 5.38 Å². The van der Waals surface area contributed by atoms with Crippen LogP contribution >= 0.6 is 23.2 Å². The van der Waals surface area contributed by atoms with Crippen LogP contribution in [0.1, 0.15) is 37.7 Å². The Labute approximate surface area is 113 Å². The minimum Gasteiger partial charge on any atom is -0.308 e. The van der Waals surface area contributed by atoms with Crippen molar-refractivity contribution in [3.05, 3.63) is 29.0 Å². The molecule has 2 nitrogen and oxygen atoms in total. The highest BCUT2D eigenvalue weighted by molar-refractivity contribution is 6.31. The fraction of sp³-hybridized carbons (Fsp3) is 0.615. The molecule has 1 N–H and O–H groups in total. The molecule has 0 aromatic carbocycles. The Morgan fingerprint density at radius 1 is 1.29 bits per heavy atom. The number of pyridine rings is 1. The average Bonchev–Trinajstić information content (AvgIpc) is 2.53. The Morgan fingerprint density at radius 3 is 2.94 bits per heavy atom. The van der Waals surface area contributed by atoms with Crippen molar-refractivity contribution in [2.75, 3.05) is 0 Å². The lowest BCUT2D eigenvalue weighted by Crippen LogP contribution is -2.35. The SMILES string of the molecule is Clc1cnccc1CNC1CCCCCC1Cl. The van der Waals surface area contributed by atoms with E-state index in [1.54, 1.807) is 12.4 Å². The van der Waals surface area contributed by atoms with Crippen molar-refractivity contribution in [3.63, 3.8) is 0 Å². The van der Waals surface area contributed by atoms with Crippen LogP contribution in [0.15, 0.2) is 18.5 Å². The van der Waals surface area contributed by atoms with E-state index in [9.17, 15) is 0 Å². The van der Waals surface area contributed by atoms with Crippen LogP contribution in [0.4, 0.5) is 0 Å². The lowest BCUT2D eigenvalue weighted by atomic mass is 10.1. The van der Waals surface area contributed by atoms with Crippen LogP contribution in [0.25, 0.3) is 0 Å². The zero-order valence-electron chi connectivity index (χ0n) is 9.83. The third-order valence-electron chi connectivity index (χ3n) is 3.34. The maximum Gasteiger partial charge on any atom is 0.0634 e. The molecule has 2 rings (SSSR count). The van der Waals surface area contributed by atoms with Gasteiger partial charge in [-0.3, -0.25) is 4.98 Å². The zero-order chi connectivity index (χ0) is 12.1. The third kappa shape index (κ3) is 3.84. The van der Waals surface area contributed by atoms with Crippen molar-refractivity contribution < 1.29 is 0 Å². The Bertz CT molecular complexity index is 357. The summed E-state index contributed by atoms with van der Waals surface area (Å²) in [4.78, 5) is 3.98. The van der Waals surface area contributed by atoms with E-state index in [1.165, 1.54) is 19.3 Å². The summed E-state index contributed by atoms with van der Waals surface area (Å²) in [7, 11) is 0. The maximum atomic E-state index is 6.39. The second-order valence-electron chi connectivity index (χ2n) is 4.61. The van der Waals surface area contributed by atoms with E-state index < -0.39 is 0 Å². The molecule has 4 heteroatoms. The topological polar surface area (TPSA) is 24.9 Å². The summed E-state index contributed by atoms with van der Waals surface area (Å²) in [5, 5.41) is 4.49. The number of hydrogen-bond acceptors (Lipinski definition) is 2. The molecule has 0 saturated heterocycles. The van der Waals surface area contributed by atoms with Gasteiger partial charge < -0.3 is 5.32 Å². The Kier molecular flexibility index (Phi) is 5.08. The van der Waals surface area contributed by atoms with Crippen LogP contribution in [0.3, 0.4) is 0 Å². The highest BCUT2D eigenvalue weighted by Gasteiger charge is 2.21. The van der Waals surface area contributed by atoms with E-state index in [4.69, 9.17) is 23.2 Å². The predicted molar refractivity (Wildman–Crippen MR) is 72.6 cm³/mol. The summed E-state index contributed by atoms with van der Waals surface area (Å²) < 4.78 is 0. The van der Waals surface area contributed by atoms with Gasteiger partial charge in [0.2, 0.25) is 0 Å². The summed E-state index contributed by atoms with van der Waals surface area (Å²) in [6.45, 7) is 0.773. The van der Waals surface area contributed by atoms with Crippen molar-refractivity contribution in [1.82, 2.24) is 10.3 Å². The Hall–Kier alpha value is -0.310. The number of halogens is 2. The molecule has 1 aromatic heterocycles. The number of nitrogens with one attached hydrogen (secondary N) is 1. The third-order valence-corrected chi connectivity index (χ3v) is 4.21. The Morgan fingerprint density at radius 2 is 2.12 bits per heavy atom. The molecule has 1 saturated carbocycles. The van der Waals surface area contributed by atoms with Crippen molar-refractivity contribution in [1.29, 1.82) is 0 Å². The molecule has 0 bridgehead atoms. The lowest BCUT2D eigenvalue weighted by Gasteiger charge is -2.21. The highest BCUT2D eigenvalue weighted by Crippen LogP contribution is 2.23. The molecule has 17 heavy (non-hydrogen) atoms. The molecule has 1 fully saturated rings. The van der Waals surface area contributed by atoms with Gasteiger partial charge in [0.05, 0.1) is 5.02 Å². The standard InChI is InChI=1S/C13H18Cl2N2/c14-11-4-2-1-3-5-13(11)17-8-10-6-7-16-9-12(10)15/h6-7,9,11,13,17H,1-5,8H2. The van der Waals surface area contributed by atoms with Gasteiger partial charge in [0.15, 0.2) is 0 Å². The number of aromatic nitrogens is 1. The van der Waals surface area contributed by atoms with Crippen molar-refractivity contribution >= 4 is 23.2 Å². The number of hydrogen-bond donors (Lipinski definition) is 1. The fourth-order valence-electron chi connectivity index (χ4n) is 2.28. The van der Waals surface area contributed by atoms with Gasteiger partial charge in [-0.2, -0.15) is 0 Å². The van der Waals surface area contributed by atoms with Crippen molar-refractivity contribution in [2.45, 2.75) is 50.1 Å². The number of nitrogens with zero attached hydrogens (tertiary/aromatic N) is 1. The van der Waals surface area contributed by atoms with Gasteiger partial charge in [0, 0.05) is 30.4 Å². The van der Waals surface area contributed by atoms with E-state index >= 15 is 0 Å². The molecule has 2 unspecified atom stereocenters. The second-order valence-corrected chi connectivity index (χ2v) is 5.58. The van der Waals surface area contributed by atoms with Crippen molar-refractivity contribution in [3.8, 4) is 0 Å². The lowest BCUT2D eigenvalue weighted by molar-refractivity contribution is 0.464. The largest absolute Gasteiger partial charge is 0.308 e. The minimum atomic E-state index is 0.248. The first kappa shape index (κ1) is 13.1. The number of alkyl halides is 1. The van der Waals surface area contributed by atoms with Gasteiger partial charge in [0.1, 0.15) is 0 Å². The molecule has 94 valence electrons. The molecule has 1 aliphatic rings. The van der Waals surface area contributed by atoms with Gasteiger partial charge in [-0.05, 0) is 24.5 Å². The van der Waals surface area contributed by atoms with E-state index in [0.29, 0.717) is 6.04 Å². The first-order chi connectivity index (χ1) is 8.27.